The summed E-state index contributed by atoms with van der Waals surface area (Å²) < 4.78 is 0. The number of fused-ring (bicyclic) bond motifs is 3. The van der Waals surface area contributed by atoms with Crippen molar-refractivity contribution in [3.8, 4) is 0 Å². The van der Waals surface area contributed by atoms with Gasteiger partial charge in [0.25, 0.3) is 0 Å². The van der Waals surface area contributed by atoms with Gasteiger partial charge in [0.1, 0.15) is 6.34 Å². The van der Waals surface area contributed by atoms with Crippen molar-refractivity contribution in [2.75, 3.05) is 0 Å². The molecule has 64 valence electrons. The topological polar surface area (TPSA) is 24.7 Å². The Balaban J connectivity index is 1.86. The summed E-state index contributed by atoms with van der Waals surface area (Å²) in [6.45, 7) is 0. The Morgan fingerprint density at radius 2 is 2.25 bits per heavy atom. The van der Waals surface area contributed by atoms with Gasteiger partial charge in [-0.3, -0.25) is 4.99 Å². The van der Waals surface area contributed by atoms with E-state index in [2.05, 4.69) is 16.2 Å². The second kappa shape index (κ2) is 2.41. The zero-order valence-corrected chi connectivity index (χ0v) is 7.19. The van der Waals surface area contributed by atoms with Crippen LogP contribution in [0.4, 0.5) is 0 Å². The predicted molar refractivity (Wildman–Crippen MR) is 49.7 cm³/mol. The van der Waals surface area contributed by atoms with Crippen LogP contribution in [0.5, 0.6) is 0 Å². The van der Waals surface area contributed by atoms with Crippen LogP contribution in [0.2, 0.25) is 0 Å². The molecule has 0 aromatic carbocycles. The lowest BCUT2D eigenvalue weighted by molar-refractivity contribution is 0.471. The van der Waals surface area contributed by atoms with E-state index in [0.717, 1.165) is 11.8 Å². The van der Waals surface area contributed by atoms with Crippen LogP contribution in [0.25, 0.3) is 0 Å². The zero-order chi connectivity index (χ0) is 7.97. The van der Waals surface area contributed by atoms with Crippen LogP contribution in [0, 0.1) is 17.8 Å². The molecule has 3 rings (SSSR count). The summed E-state index contributed by atoms with van der Waals surface area (Å²) >= 11 is 0. The van der Waals surface area contributed by atoms with Crippen molar-refractivity contribution in [2.45, 2.75) is 31.7 Å². The first-order chi connectivity index (χ1) is 5.95. The van der Waals surface area contributed by atoms with Gasteiger partial charge in [0.15, 0.2) is 0 Å². The highest BCUT2D eigenvalue weighted by Crippen LogP contribution is 2.50. The van der Waals surface area contributed by atoms with Gasteiger partial charge in [0.05, 0.1) is 6.04 Å². The fraction of sp³-hybridized carbons (Fsp3) is 0.800. The first kappa shape index (κ1) is 6.81. The van der Waals surface area contributed by atoms with Crippen molar-refractivity contribution in [1.82, 2.24) is 0 Å². The Kier molecular flexibility index (Phi) is 1.37. The molecule has 2 saturated carbocycles. The monoisotopic (exact) mass is 162 g/mol. The molecular formula is C10H14N2. The van der Waals surface area contributed by atoms with Crippen LogP contribution in [-0.4, -0.2) is 18.6 Å². The van der Waals surface area contributed by atoms with Gasteiger partial charge in [0, 0.05) is 12.1 Å². The highest BCUT2D eigenvalue weighted by molar-refractivity contribution is 5.77. The number of rotatable bonds is 0. The van der Waals surface area contributed by atoms with E-state index in [9.17, 15) is 0 Å². The van der Waals surface area contributed by atoms with Crippen molar-refractivity contribution in [3.05, 3.63) is 0 Å². The van der Waals surface area contributed by atoms with Gasteiger partial charge in [-0.2, -0.15) is 0 Å². The van der Waals surface area contributed by atoms with Crippen molar-refractivity contribution >= 4 is 12.6 Å². The molecule has 2 nitrogen and oxygen atoms in total. The third-order valence-corrected chi connectivity index (χ3v) is 3.55. The molecule has 0 aromatic rings. The van der Waals surface area contributed by atoms with Gasteiger partial charge in [-0.1, -0.05) is 12.8 Å². The van der Waals surface area contributed by atoms with Crippen LogP contribution >= 0.6 is 0 Å². The van der Waals surface area contributed by atoms with Crippen molar-refractivity contribution in [1.29, 1.82) is 0 Å². The maximum absolute atomic E-state index is 4.51. The zero-order valence-electron chi connectivity index (χ0n) is 7.19. The van der Waals surface area contributed by atoms with E-state index in [-0.39, 0.29) is 0 Å². The Labute approximate surface area is 72.8 Å². The third kappa shape index (κ3) is 0.936. The molecule has 12 heavy (non-hydrogen) atoms. The maximum atomic E-state index is 4.51. The quantitative estimate of drug-likeness (QED) is 0.520. The molecular weight excluding hydrogens is 148 g/mol. The van der Waals surface area contributed by atoms with Gasteiger partial charge in [-0.05, 0) is 24.7 Å². The van der Waals surface area contributed by atoms with E-state index in [4.69, 9.17) is 0 Å². The summed E-state index contributed by atoms with van der Waals surface area (Å²) in [4.78, 5) is 8.65. The number of hydrogen-bond acceptors (Lipinski definition) is 2. The minimum absolute atomic E-state index is 0.606. The highest BCUT2D eigenvalue weighted by atomic mass is 14.9. The second-order valence-electron chi connectivity index (χ2n) is 4.31. The summed E-state index contributed by atoms with van der Waals surface area (Å²) in [5, 5.41) is 0. The van der Waals surface area contributed by atoms with E-state index < -0.39 is 0 Å². The Morgan fingerprint density at radius 1 is 1.25 bits per heavy atom. The lowest BCUT2D eigenvalue weighted by atomic mass is 9.94. The van der Waals surface area contributed by atoms with Crippen molar-refractivity contribution in [2.24, 2.45) is 27.7 Å². The molecule has 1 heterocycles. The number of nitrogens with zero attached hydrogens (tertiary/aromatic N) is 2. The van der Waals surface area contributed by atoms with Gasteiger partial charge in [-0.25, -0.2) is 4.99 Å². The average Bonchev–Trinajstić information content (AvgIpc) is 2.82. The third-order valence-electron chi connectivity index (χ3n) is 3.55. The second-order valence-corrected chi connectivity index (χ2v) is 4.31. The molecule has 0 aromatic heterocycles. The molecule has 4 atom stereocenters. The first-order valence-electron chi connectivity index (χ1n) is 5.00. The summed E-state index contributed by atoms with van der Waals surface area (Å²) in [5.74, 6) is 2.61. The number of aliphatic imine (C=N–C) groups is 2. The molecule has 2 heteroatoms. The van der Waals surface area contributed by atoms with E-state index in [1.165, 1.54) is 25.7 Å². The largest absolute Gasteiger partial charge is 0.269 e. The molecule has 4 unspecified atom stereocenters. The van der Waals surface area contributed by atoms with Crippen LogP contribution in [0.15, 0.2) is 9.98 Å². The van der Waals surface area contributed by atoms with Crippen molar-refractivity contribution in [3.63, 3.8) is 0 Å². The maximum Gasteiger partial charge on any atom is 0.109 e. The fourth-order valence-electron chi connectivity index (χ4n) is 2.77. The van der Waals surface area contributed by atoms with Crippen LogP contribution in [0.1, 0.15) is 25.7 Å². The molecule has 0 spiro atoms. The van der Waals surface area contributed by atoms with Crippen molar-refractivity contribution < 1.29 is 0 Å². The molecule has 1 aliphatic heterocycles. The normalized spacial score (nSPS) is 49.3. The molecule has 0 saturated heterocycles. The minimum Gasteiger partial charge on any atom is -0.269 e. The van der Waals surface area contributed by atoms with Gasteiger partial charge in [0.2, 0.25) is 0 Å². The first-order valence-corrected chi connectivity index (χ1v) is 5.00. The van der Waals surface area contributed by atoms with Gasteiger partial charge < -0.3 is 0 Å². The predicted octanol–water partition coefficient (Wildman–Crippen LogP) is 1.90. The molecule has 0 radical (unpaired) electrons. The summed E-state index contributed by atoms with van der Waals surface area (Å²) in [7, 11) is 0. The van der Waals surface area contributed by atoms with Gasteiger partial charge >= 0.3 is 0 Å². The summed E-state index contributed by atoms with van der Waals surface area (Å²) in [6, 6.07) is 0.606. The Bertz CT molecular complexity index is 244. The average molecular weight is 162 g/mol. The molecule has 0 bridgehead atoms. The highest BCUT2D eigenvalue weighted by Gasteiger charge is 2.47. The molecule has 0 amide bonds. The van der Waals surface area contributed by atoms with E-state index >= 15 is 0 Å². The van der Waals surface area contributed by atoms with Crippen LogP contribution in [-0.2, 0) is 0 Å². The lowest BCUT2D eigenvalue weighted by Gasteiger charge is -2.20. The standard InChI is InChI=1S/C10H14N2/c1-2-7-4-9(7)10-8(3-1)5-11-6-12-10/h5-10H,1-4H2. The summed E-state index contributed by atoms with van der Waals surface area (Å²) in [5.41, 5.74) is 0. The smallest absolute Gasteiger partial charge is 0.109 e. The van der Waals surface area contributed by atoms with Gasteiger partial charge in [-0.15, -0.1) is 0 Å². The molecule has 2 fully saturated rings. The van der Waals surface area contributed by atoms with Crippen LogP contribution in [0.3, 0.4) is 0 Å². The SMILES string of the molecule is C1=NC=NC2C1CCCC1CC12. The Morgan fingerprint density at radius 3 is 3.25 bits per heavy atom. The fourth-order valence-corrected chi connectivity index (χ4v) is 2.77. The summed E-state index contributed by atoms with van der Waals surface area (Å²) in [6.07, 6.45) is 9.47. The Hall–Kier alpha value is -0.660. The number of hydrogen-bond donors (Lipinski definition) is 0. The molecule has 0 N–H and O–H groups in total. The lowest BCUT2D eigenvalue weighted by Crippen LogP contribution is -2.24. The van der Waals surface area contributed by atoms with E-state index in [1.807, 2.05) is 0 Å². The van der Waals surface area contributed by atoms with E-state index in [1.54, 1.807) is 6.34 Å². The molecule has 2 aliphatic carbocycles. The molecule has 3 aliphatic rings. The van der Waals surface area contributed by atoms with Crippen LogP contribution < -0.4 is 0 Å². The van der Waals surface area contributed by atoms with E-state index in [0.29, 0.717) is 12.0 Å². The minimum atomic E-state index is 0.606.